The number of allylic oxidation sites excluding steroid dienone is 1. The predicted octanol–water partition coefficient (Wildman–Crippen LogP) is 4.25. The molecule has 5 nitrogen and oxygen atoms in total. The maximum Gasteiger partial charge on any atom is 0.243 e. The third kappa shape index (κ3) is 4.76. The summed E-state index contributed by atoms with van der Waals surface area (Å²) in [6, 6.07) is 13.0. The second-order valence-electron chi connectivity index (χ2n) is 8.36. The minimum Gasteiger partial charge on any atom is -0.356 e. The molecule has 160 valence electrons. The quantitative estimate of drug-likeness (QED) is 0.703. The zero-order chi connectivity index (χ0) is 21.0. The third-order valence-corrected chi connectivity index (χ3v) is 8.11. The van der Waals surface area contributed by atoms with E-state index in [1.165, 1.54) is 22.7 Å². The summed E-state index contributed by atoms with van der Waals surface area (Å²) in [6.07, 6.45) is 9.42. The lowest BCUT2D eigenvalue weighted by Crippen LogP contribution is -2.45. The Bertz CT molecular complexity index is 1050. The second kappa shape index (κ2) is 9.31. The van der Waals surface area contributed by atoms with Gasteiger partial charge in [-0.3, -0.25) is 4.79 Å². The summed E-state index contributed by atoms with van der Waals surface area (Å²) in [4.78, 5) is 13.0. The first kappa shape index (κ1) is 21.1. The van der Waals surface area contributed by atoms with E-state index in [0.717, 1.165) is 36.5 Å². The van der Waals surface area contributed by atoms with E-state index in [4.69, 9.17) is 0 Å². The molecule has 0 spiro atoms. The number of nitrogens with one attached hydrogen (secondary N) is 1. The molecule has 1 saturated heterocycles. The first-order valence-electron chi connectivity index (χ1n) is 11.0. The number of nitrogens with zero attached hydrogens (tertiary/aromatic N) is 1. The van der Waals surface area contributed by atoms with E-state index in [1.54, 1.807) is 12.1 Å². The van der Waals surface area contributed by atoms with Crippen LogP contribution in [-0.4, -0.2) is 38.3 Å². The molecule has 2 aromatic carbocycles. The summed E-state index contributed by atoms with van der Waals surface area (Å²) in [7, 11) is -3.61. The summed E-state index contributed by atoms with van der Waals surface area (Å²) >= 11 is 0. The molecule has 4 rings (SSSR count). The Morgan fingerprint density at radius 2 is 1.90 bits per heavy atom. The van der Waals surface area contributed by atoms with Crippen molar-refractivity contribution in [1.29, 1.82) is 0 Å². The van der Waals surface area contributed by atoms with Crippen LogP contribution in [0.2, 0.25) is 0 Å². The number of piperidine rings is 1. The van der Waals surface area contributed by atoms with Crippen LogP contribution in [0.3, 0.4) is 0 Å². The Kier molecular flexibility index (Phi) is 6.54. The highest BCUT2D eigenvalue weighted by Crippen LogP contribution is 2.26. The van der Waals surface area contributed by atoms with Crippen LogP contribution in [0.15, 0.2) is 59.0 Å². The number of hydrogen-bond donors (Lipinski definition) is 1. The summed E-state index contributed by atoms with van der Waals surface area (Å²) < 4.78 is 27.9. The van der Waals surface area contributed by atoms with Gasteiger partial charge in [0.05, 0.1) is 10.8 Å². The number of carbonyl (C=O) groups excluding carboxylic acids is 1. The largest absolute Gasteiger partial charge is 0.356 e. The van der Waals surface area contributed by atoms with Gasteiger partial charge in [0.25, 0.3) is 0 Å². The number of hydrogen-bond acceptors (Lipinski definition) is 3. The average molecular weight is 427 g/mol. The van der Waals surface area contributed by atoms with E-state index >= 15 is 0 Å². The molecule has 2 aliphatic rings. The topological polar surface area (TPSA) is 66.5 Å². The van der Waals surface area contributed by atoms with Crippen LogP contribution < -0.4 is 5.32 Å². The van der Waals surface area contributed by atoms with Crippen molar-refractivity contribution in [3.05, 3.63) is 54.1 Å². The number of fused-ring (bicyclic) bond motifs is 1. The van der Waals surface area contributed by atoms with Gasteiger partial charge in [-0.15, -0.1) is 0 Å². The van der Waals surface area contributed by atoms with E-state index in [1.807, 2.05) is 30.3 Å². The van der Waals surface area contributed by atoms with Gasteiger partial charge in [0.2, 0.25) is 15.9 Å². The highest BCUT2D eigenvalue weighted by atomic mass is 32.2. The molecule has 1 aliphatic heterocycles. The second-order valence-corrected chi connectivity index (χ2v) is 10.3. The van der Waals surface area contributed by atoms with E-state index in [-0.39, 0.29) is 18.4 Å². The molecule has 1 fully saturated rings. The number of rotatable bonds is 6. The van der Waals surface area contributed by atoms with Crippen LogP contribution >= 0.6 is 0 Å². The van der Waals surface area contributed by atoms with Crippen LogP contribution in [0, 0.1) is 5.92 Å². The van der Waals surface area contributed by atoms with Crippen LogP contribution in [0.25, 0.3) is 10.8 Å². The van der Waals surface area contributed by atoms with E-state index in [2.05, 4.69) is 11.4 Å². The molecule has 6 heteroatoms. The molecule has 0 unspecified atom stereocenters. The SMILES string of the molecule is O=C(NCCC1=CCCCC1)[C@@H]1CCCN(S(=O)(=O)c2ccc3ccccc3c2)C1. The molecule has 1 aliphatic carbocycles. The smallest absolute Gasteiger partial charge is 0.243 e. The Hall–Kier alpha value is -2.18. The van der Waals surface area contributed by atoms with Crippen molar-refractivity contribution < 1.29 is 13.2 Å². The molecule has 0 saturated carbocycles. The summed E-state index contributed by atoms with van der Waals surface area (Å²) in [5.41, 5.74) is 1.44. The molecule has 1 amide bonds. The first-order valence-corrected chi connectivity index (χ1v) is 12.4. The highest BCUT2D eigenvalue weighted by molar-refractivity contribution is 7.89. The van der Waals surface area contributed by atoms with Gasteiger partial charge in [-0.2, -0.15) is 4.31 Å². The lowest BCUT2D eigenvalue weighted by molar-refractivity contribution is -0.126. The highest BCUT2D eigenvalue weighted by Gasteiger charge is 2.33. The zero-order valence-electron chi connectivity index (χ0n) is 17.3. The van der Waals surface area contributed by atoms with Crippen molar-refractivity contribution in [3.8, 4) is 0 Å². The first-order chi connectivity index (χ1) is 14.5. The molecule has 30 heavy (non-hydrogen) atoms. The summed E-state index contributed by atoms with van der Waals surface area (Å²) in [5.74, 6) is -0.306. The lowest BCUT2D eigenvalue weighted by atomic mass is 9.96. The van der Waals surface area contributed by atoms with Crippen LogP contribution in [0.5, 0.6) is 0 Å². The molecule has 0 aromatic heterocycles. The Balaban J connectivity index is 1.39. The molecular weight excluding hydrogens is 396 g/mol. The fraction of sp³-hybridized carbons (Fsp3) is 0.458. The third-order valence-electron chi connectivity index (χ3n) is 6.24. The molecule has 1 atom stereocenters. The Morgan fingerprint density at radius 3 is 2.70 bits per heavy atom. The fourth-order valence-corrected chi connectivity index (χ4v) is 6.03. The maximum absolute atomic E-state index is 13.2. The van der Waals surface area contributed by atoms with E-state index in [0.29, 0.717) is 24.4 Å². The van der Waals surface area contributed by atoms with Crippen molar-refractivity contribution in [3.63, 3.8) is 0 Å². The van der Waals surface area contributed by atoms with Gasteiger partial charge in [0.1, 0.15) is 0 Å². The molecule has 0 radical (unpaired) electrons. The monoisotopic (exact) mass is 426 g/mol. The van der Waals surface area contributed by atoms with Gasteiger partial charge in [0.15, 0.2) is 0 Å². The normalized spacial score (nSPS) is 20.7. The molecule has 1 heterocycles. The predicted molar refractivity (Wildman–Crippen MR) is 120 cm³/mol. The van der Waals surface area contributed by atoms with Crippen LogP contribution in [0.4, 0.5) is 0 Å². The molecular formula is C24H30N2O3S. The van der Waals surface area contributed by atoms with Crippen molar-refractivity contribution in [2.75, 3.05) is 19.6 Å². The standard InChI is InChI=1S/C24H30N2O3S/c27-24(25-15-14-19-7-2-1-3-8-19)22-11-6-16-26(18-22)30(28,29)23-13-12-20-9-4-5-10-21(20)17-23/h4-5,7,9-10,12-13,17,22H,1-3,6,8,11,14-16,18H2,(H,25,27)/t22-/m1/s1. The Labute approximate surface area is 179 Å². The van der Waals surface area contributed by atoms with Gasteiger partial charge < -0.3 is 5.32 Å². The van der Waals surface area contributed by atoms with Gasteiger partial charge >= 0.3 is 0 Å². The van der Waals surface area contributed by atoms with E-state index in [9.17, 15) is 13.2 Å². The zero-order valence-corrected chi connectivity index (χ0v) is 18.2. The molecule has 1 N–H and O–H groups in total. The number of carbonyl (C=O) groups is 1. The van der Waals surface area contributed by atoms with Crippen molar-refractivity contribution >= 4 is 26.7 Å². The minimum atomic E-state index is -3.61. The van der Waals surface area contributed by atoms with Crippen molar-refractivity contribution in [1.82, 2.24) is 9.62 Å². The van der Waals surface area contributed by atoms with Gasteiger partial charge in [-0.1, -0.05) is 42.0 Å². The number of benzene rings is 2. The molecule has 0 bridgehead atoms. The summed E-state index contributed by atoms with van der Waals surface area (Å²) in [6.45, 7) is 1.36. The van der Waals surface area contributed by atoms with E-state index < -0.39 is 10.0 Å². The van der Waals surface area contributed by atoms with Gasteiger partial charge in [0, 0.05) is 19.6 Å². The number of sulfonamides is 1. The molecule has 2 aromatic rings. The average Bonchev–Trinajstić information content (AvgIpc) is 2.79. The van der Waals surface area contributed by atoms with Gasteiger partial charge in [-0.25, -0.2) is 8.42 Å². The maximum atomic E-state index is 13.2. The lowest BCUT2D eigenvalue weighted by Gasteiger charge is -2.31. The van der Waals surface area contributed by atoms with Gasteiger partial charge in [-0.05, 0) is 67.9 Å². The fourth-order valence-electron chi connectivity index (χ4n) is 4.47. The minimum absolute atomic E-state index is 0.0233. The van der Waals surface area contributed by atoms with Crippen molar-refractivity contribution in [2.45, 2.75) is 49.8 Å². The summed E-state index contributed by atoms with van der Waals surface area (Å²) in [5, 5.41) is 4.95. The van der Waals surface area contributed by atoms with Crippen molar-refractivity contribution in [2.24, 2.45) is 5.92 Å². The van der Waals surface area contributed by atoms with Crippen LogP contribution in [0.1, 0.15) is 44.9 Å². The van der Waals surface area contributed by atoms with Crippen LogP contribution in [-0.2, 0) is 14.8 Å². The number of amides is 1. The Morgan fingerprint density at radius 1 is 1.07 bits per heavy atom.